The minimum Gasteiger partial charge on any atom is -0.478 e. The first-order chi connectivity index (χ1) is 13.8. The van der Waals surface area contributed by atoms with E-state index in [1.54, 1.807) is 31.3 Å². The fourth-order valence-corrected chi connectivity index (χ4v) is 4.67. The monoisotopic (exact) mass is 401 g/mol. The third-order valence-corrected chi connectivity index (χ3v) is 5.95. The number of carboxylic acids is 1. The summed E-state index contributed by atoms with van der Waals surface area (Å²) in [6, 6.07) is 13.7. The zero-order valence-corrected chi connectivity index (χ0v) is 16.8. The molecule has 0 amide bonds. The van der Waals surface area contributed by atoms with Gasteiger partial charge in [-0.1, -0.05) is 50.2 Å². The van der Waals surface area contributed by atoms with Crippen molar-refractivity contribution in [2.45, 2.75) is 13.8 Å². The Hall–Kier alpha value is -3.40. The molecule has 29 heavy (non-hydrogen) atoms. The Morgan fingerprint density at radius 3 is 2.38 bits per heavy atom. The van der Waals surface area contributed by atoms with Gasteiger partial charge in [0.15, 0.2) is 0 Å². The number of benzene rings is 2. The summed E-state index contributed by atoms with van der Waals surface area (Å²) in [5.41, 5.74) is 9.03. The van der Waals surface area contributed by atoms with E-state index in [4.69, 9.17) is 5.73 Å². The molecule has 3 aromatic rings. The molecule has 4 rings (SSSR count). The molecule has 0 bridgehead atoms. The normalized spacial score (nSPS) is 15.9. The maximum Gasteiger partial charge on any atom is 0.337 e. The Morgan fingerprint density at radius 1 is 1.10 bits per heavy atom. The Labute approximate surface area is 172 Å². The van der Waals surface area contributed by atoms with Crippen molar-refractivity contribution in [1.82, 2.24) is 0 Å². The van der Waals surface area contributed by atoms with E-state index < -0.39 is 11.4 Å². The lowest BCUT2D eigenvalue weighted by atomic mass is 9.72. The van der Waals surface area contributed by atoms with Crippen molar-refractivity contribution < 1.29 is 14.7 Å². The number of rotatable bonds is 3. The number of carbonyl (C=O) groups is 1. The molecule has 0 radical (unpaired) electrons. The summed E-state index contributed by atoms with van der Waals surface area (Å²) in [7, 11) is 0. The molecule has 2 aromatic carbocycles. The molecule has 0 unspecified atom stereocenters. The van der Waals surface area contributed by atoms with Crippen LogP contribution >= 0.6 is 11.3 Å². The number of aliphatic carboxylic acids is 1. The van der Waals surface area contributed by atoms with E-state index in [1.165, 1.54) is 0 Å². The molecule has 0 saturated carbocycles. The highest BCUT2D eigenvalue weighted by atomic mass is 32.1. The summed E-state index contributed by atoms with van der Waals surface area (Å²) in [5, 5.41) is 15.9. The predicted octanol–water partition coefficient (Wildman–Crippen LogP) is 5.05. The van der Waals surface area contributed by atoms with E-state index in [1.807, 2.05) is 53.8 Å². The van der Waals surface area contributed by atoms with Crippen LogP contribution in [0.5, 0.6) is 0 Å². The zero-order valence-electron chi connectivity index (χ0n) is 16.0. The van der Waals surface area contributed by atoms with Gasteiger partial charge in [-0.25, -0.2) is 9.59 Å². The van der Waals surface area contributed by atoms with Crippen LogP contribution in [-0.2, 0) is 9.59 Å². The summed E-state index contributed by atoms with van der Waals surface area (Å²) in [6.45, 7) is 3.53. The number of carboxylic acid groups (broad SMARTS) is 1. The van der Waals surface area contributed by atoms with Crippen molar-refractivity contribution >= 4 is 39.6 Å². The Morgan fingerprint density at radius 2 is 1.79 bits per heavy atom. The van der Waals surface area contributed by atoms with E-state index in [0.29, 0.717) is 16.8 Å². The van der Waals surface area contributed by atoms with E-state index in [2.05, 4.69) is 5.38 Å². The number of allylic oxidation sites excluding steroid dienone is 2. The van der Waals surface area contributed by atoms with Gasteiger partial charge in [0.05, 0.1) is 11.1 Å². The van der Waals surface area contributed by atoms with Crippen molar-refractivity contribution in [3.8, 4) is 11.1 Å². The first kappa shape index (κ1) is 18.9. The first-order valence-corrected chi connectivity index (χ1v) is 10.1. The van der Waals surface area contributed by atoms with Crippen molar-refractivity contribution in [2.24, 2.45) is 11.1 Å². The molecule has 1 heterocycles. The van der Waals surface area contributed by atoms with Gasteiger partial charge in [0.2, 0.25) is 0 Å². The quantitative estimate of drug-likeness (QED) is 0.602. The van der Waals surface area contributed by atoms with Gasteiger partial charge in [0, 0.05) is 16.7 Å². The fourth-order valence-electron chi connectivity index (χ4n) is 4.02. The second-order valence-corrected chi connectivity index (χ2v) is 8.35. The molecule has 144 valence electrons. The summed E-state index contributed by atoms with van der Waals surface area (Å²) in [4.78, 5) is 24.0. The number of hydrogen-bond donors (Lipinski definition) is 2. The fraction of sp³-hybridized carbons (Fsp3) is 0.125. The van der Waals surface area contributed by atoms with Crippen LogP contribution in [0.4, 0.5) is 0 Å². The summed E-state index contributed by atoms with van der Waals surface area (Å²) >= 11 is 1.60. The van der Waals surface area contributed by atoms with E-state index in [0.717, 1.165) is 21.9 Å². The molecule has 0 aliphatic heterocycles. The van der Waals surface area contributed by atoms with Crippen molar-refractivity contribution in [1.29, 1.82) is 0 Å². The van der Waals surface area contributed by atoms with Gasteiger partial charge in [0.1, 0.15) is 5.94 Å². The Balaban J connectivity index is 2.15. The van der Waals surface area contributed by atoms with Gasteiger partial charge < -0.3 is 10.8 Å². The molecule has 4 nitrogen and oxygen atoms in total. The molecule has 1 aromatic heterocycles. The minimum atomic E-state index is -1.19. The molecular formula is C24H19NO3S. The minimum absolute atomic E-state index is 0.0855. The van der Waals surface area contributed by atoms with E-state index in [9.17, 15) is 14.7 Å². The van der Waals surface area contributed by atoms with Crippen LogP contribution < -0.4 is 5.73 Å². The van der Waals surface area contributed by atoms with Crippen LogP contribution in [0.1, 0.15) is 19.4 Å². The maximum absolute atomic E-state index is 12.3. The lowest BCUT2D eigenvalue weighted by molar-refractivity contribution is -0.132. The average molecular weight is 401 g/mol. The van der Waals surface area contributed by atoms with Crippen LogP contribution in [-0.4, -0.2) is 17.0 Å². The van der Waals surface area contributed by atoms with Gasteiger partial charge in [-0.05, 0) is 50.4 Å². The highest BCUT2D eigenvalue weighted by molar-refractivity contribution is 7.08. The third kappa shape index (κ3) is 3.01. The highest BCUT2D eigenvalue weighted by Gasteiger charge is 2.37. The third-order valence-electron chi connectivity index (χ3n) is 5.27. The molecule has 0 atom stereocenters. The van der Waals surface area contributed by atoms with Crippen LogP contribution in [0.25, 0.3) is 27.5 Å². The standard InChI is InChI=1S/C24H19NO3S/c1-24(2)11-19(25)21(22(23(27)28)18(24)12-26)17-8-4-6-14-5-3-7-16(20(14)17)15-9-10-29-13-15/h3-11,13H,25H2,1-2H3,(H,27,28). The number of fused-ring (bicyclic) bond motifs is 1. The topological polar surface area (TPSA) is 80.4 Å². The SMILES string of the molecule is CC1(C)C=C(N)C(c2cccc3cccc(-c4ccsc4)c23)=C(C(=O)O)C1=C=O. The lowest BCUT2D eigenvalue weighted by Gasteiger charge is -2.30. The van der Waals surface area contributed by atoms with Gasteiger partial charge >= 0.3 is 5.97 Å². The van der Waals surface area contributed by atoms with Crippen LogP contribution in [0.15, 0.2) is 76.1 Å². The molecular weight excluding hydrogens is 382 g/mol. The second-order valence-electron chi connectivity index (χ2n) is 7.57. The largest absolute Gasteiger partial charge is 0.478 e. The summed E-state index contributed by atoms with van der Waals surface area (Å²) in [6.07, 6.45) is 1.74. The maximum atomic E-state index is 12.3. The van der Waals surface area contributed by atoms with Gasteiger partial charge in [-0.3, -0.25) is 0 Å². The molecule has 0 spiro atoms. The van der Waals surface area contributed by atoms with Crippen molar-refractivity contribution in [3.63, 3.8) is 0 Å². The van der Waals surface area contributed by atoms with Crippen molar-refractivity contribution in [2.75, 3.05) is 0 Å². The predicted molar refractivity (Wildman–Crippen MR) is 117 cm³/mol. The van der Waals surface area contributed by atoms with Crippen LogP contribution in [0.2, 0.25) is 0 Å². The molecule has 0 saturated heterocycles. The molecule has 3 N–H and O–H groups in total. The summed E-state index contributed by atoms with van der Waals surface area (Å²) in [5.74, 6) is 0.678. The van der Waals surface area contributed by atoms with E-state index in [-0.39, 0.29) is 11.1 Å². The van der Waals surface area contributed by atoms with Gasteiger partial charge in [0.25, 0.3) is 0 Å². The number of nitrogens with two attached hydrogens (primary N) is 1. The molecule has 0 fully saturated rings. The van der Waals surface area contributed by atoms with Crippen molar-refractivity contribution in [3.05, 3.63) is 81.7 Å². The lowest BCUT2D eigenvalue weighted by Crippen LogP contribution is -2.26. The number of thiophene rings is 1. The number of hydrogen-bond acceptors (Lipinski definition) is 4. The zero-order chi connectivity index (χ0) is 20.8. The second kappa shape index (κ2) is 6.89. The van der Waals surface area contributed by atoms with Gasteiger partial charge in [-0.15, -0.1) is 0 Å². The Bertz CT molecular complexity index is 1250. The first-order valence-electron chi connectivity index (χ1n) is 9.12. The molecule has 1 aliphatic rings. The molecule has 1 aliphatic carbocycles. The Kier molecular flexibility index (Phi) is 4.50. The van der Waals surface area contributed by atoms with E-state index >= 15 is 0 Å². The molecule has 5 heteroatoms. The van der Waals surface area contributed by atoms with Crippen LogP contribution in [0, 0.1) is 5.41 Å². The number of carbonyl (C=O) groups excluding carboxylic acids is 1. The highest BCUT2D eigenvalue weighted by Crippen LogP contribution is 2.45. The van der Waals surface area contributed by atoms with Crippen LogP contribution in [0.3, 0.4) is 0 Å². The smallest absolute Gasteiger partial charge is 0.337 e. The van der Waals surface area contributed by atoms with Gasteiger partial charge in [-0.2, -0.15) is 11.3 Å². The summed E-state index contributed by atoms with van der Waals surface area (Å²) < 4.78 is 0. The average Bonchev–Trinajstić information content (AvgIpc) is 3.20.